The third kappa shape index (κ3) is 4.59. The first kappa shape index (κ1) is 16.1. The molecule has 0 aromatic heterocycles. The lowest BCUT2D eigenvalue weighted by Crippen LogP contribution is -1.99. The summed E-state index contributed by atoms with van der Waals surface area (Å²) in [5.74, 6) is 0.613. The highest BCUT2D eigenvalue weighted by Crippen LogP contribution is 2.31. The maximum absolute atomic E-state index is 4.20. The molecule has 0 heteroatoms. The molecule has 1 unspecified atom stereocenters. The van der Waals surface area contributed by atoms with Gasteiger partial charge in [-0.05, 0) is 35.1 Å². The summed E-state index contributed by atoms with van der Waals surface area (Å²) in [7, 11) is 0. The van der Waals surface area contributed by atoms with E-state index in [0.29, 0.717) is 5.92 Å². The highest BCUT2D eigenvalue weighted by molar-refractivity contribution is 5.86. The molecule has 1 radical (unpaired) electrons. The lowest BCUT2D eigenvalue weighted by molar-refractivity contribution is 0.541. The summed E-state index contributed by atoms with van der Waals surface area (Å²) in [5, 5.41) is 2.77. The first-order valence-corrected chi connectivity index (χ1v) is 8.63. The Kier molecular flexibility index (Phi) is 6.79. The van der Waals surface area contributed by atoms with Crippen LogP contribution in [0.5, 0.6) is 0 Å². The first-order valence-electron chi connectivity index (χ1n) is 8.63. The van der Waals surface area contributed by atoms with Crippen molar-refractivity contribution in [2.24, 2.45) is 0 Å². The van der Waals surface area contributed by atoms with Crippen LogP contribution < -0.4 is 0 Å². The minimum atomic E-state index is 0.613. The molecule has 0 nitrogen and oxygen atoms in total. The van der Waals surface area contributed by atoms with Crippen LogP contribution >= 0.6 is 0 Å². The highest BCUT2D eigenvalue weighted by Gasteiger charge is 2.11. The number of fused-ring (bicyclic) bond motifs is 1. The number of hydrogen-bond acceptors (Lipinski definition) is 0. The van der Waals surface area contributed by atoms with E-state index in [1.165, 1.54) is 61.3 Å². The average molecular weight is 281 g/mol. The van der Waals surface area contributed by atoms with Gasteiger partial charge >= 0.3 is 0 Å². The van der Waals surface area contributed by atoms with E-state index in [-0.39, 0.29) is 0 Å². The van der Waals surface area contributed by atoms with Gasteiger partial charge < -0.3 is 0 Å². The van der Waals surface area contributed by atoms with E-state index in [2.05, 4.69) is 56.3 Å². The van der Waals surface area contributed by atoms with E-state index in [0.717, 1.165) is 6.42 Å². The molecule has 0 aliphatic rings. The summed E-state index contributed by atoms with van der Waals surface area (Å²) in [6.07, 6.45) is 10.5. The predicted molar refractivity (Wildman–Crippen MR) is 94.7 cm³/mol. The third-order valence-corrected chi connectivity index (χ3v) is 4.52. The van der Waals surface area contributed by atoms with Crippen LogP contribution in [0.2, 0.25) is 0 Å². The Morgan fingerprint density at radius 2 is 1.57 bits per heavy atom. The van der Waals surface area contributed by atoms with Gasteiger partial charge in [0.25, 0.3) is 0 Å². The van der Waals surface area contributed by atoms with E-state index in [1.54, 1.807) is 0 Å². The van der Waals surface area contributed by atoms with E-state index < -0.39 is 0 Å². The maximum Gasteiger partial charge on any atom is -0.0149 e. The van der Waals surface area contributed by atoms with E-state index in [9.17, 15) is 0 Å². The van der Waals surface area contributed by atoms with Gasteiger partial charge in [0.2, 0.25) is 0 Å². The normalized spacial score (nSPS) is 12.7. The van der Waals surface area contributed by atoms with Crippen LogP contribution in [0.25, 0.3) is 10.8 Å². The van der Waals surface area contributed by atoms with Crippen LogP contribution in [0, 0.1) is 6.92 Å². The Bertz CT molecular complexity index is 521. The smallest absolute Gasteiger partial charge is 0.0149 e. The van der Waals surface area contributed by atoms with Crippen molar-refractivity contribution >= 4 is 10.8 Å². The molecule has 0 fully saturated rings. The van der Waals surface area contributed by atoms with Crippen LogP contribution in [0.3, 0.4) is 0 Å². The summed E-state index contributed by atoms with van der Waals surface area (Å²) in [6, 6.07) is 15.5. The summed E-state index contributed by atoms with van der Waals surface area (Å²) in [6.45, 7) is 6.47. The minimum absolute atomic E-state index is 0.613. The van der Waals surface area contributed by atoms with Gasteiger partial charge in [0.15, 0.2) is 0 Å². The summed E-state index contributed by atoms with van der Waals surface area (Å²) < 4.78 is 0. The summed E-state index contributed by atoms with van der Waals surface area (Å²) >= 11 is 0. The van der Waals surface area contributed by atoms with Crippen LogP contribution in [-0.2, 0) is 0 Å². The van der Waals surface area contributed by atoms with Crippen molar-refractivity contribution < 1.29 is 0 Å². The molecule has 0 aliphatic carbocycles. The Labute approximate surface area is 130 Å². The molecule has 0 heterocycles. The fourth-order valence-corrected chi connectivity index (χ4v) is 3.23. The van der Waals surface area contributed by atoms with Crippen molar-refractivity contribution in [3.05, 3.63) is 55.0 Å². The molecule has 0 N–H and O–H groups in total. The largest absolute Gasteiger partial charge is 0.0654 e. The number of benzene rings is 2. The molecule has 0 amide bonds. The van der Waals surface area contributed by atoms with Gasteiger partial charge in [0, 0.05) is 0 Å². The fourth-order valence-electron chi connectivity index (χ4n) is 3.23. The van der Waals surface area contributed by atoms with Crippen molar-refractivity contribution in [1.29, 1.82) is 0 Å². The van der Waals surface area contributed by atoms with E-state index >= 15 is 0 Å². The van der Waals surface area contributed by atoms with Gasteiger partial charge in [-0.25, -0.2) is 0 Å². The highest BCUT2D eigenvalue weighted by atomic mass is 14.2. The predicted octanol–water partition coefficient (Wildman–Crippen LogP) is 6.90. The number of rotatable bonds is 9. The second-order valence-corrected chi connectivity index (χ2v) is 6.11. The SMILES string of the molecule is [CH2]CC(CCCCCCCC)c1cccc2ccccc12. The van der Waals surface area contributed by atoms with Crippen LogP contribution in [0.1, 0.15) is 69.8 Å². The number of unbranched alkanes of at least 4 members (excludes halogenated alkanes) is 5. The summed E-state index contributed by atoms with van der Waals surface area (Å²) in [4.78, 5) is 0. The molecule has 2 rings (SSSR count). The molecule has 0 saturated carbocycles. The van der Waals surface area contributed by atoms with Gasteiger partial charge in [-0.2, -0.15) is 0 Å². The molecule has 0 saturated heterocycles. The molecule has 2 aromatic rings. The second kappa shape index (κ2) is 8.87. The van der Waals surface area contributed by atoms with Crippen molar-refractivity contribution in [3.8, 4) is 0 Å². The zero-order valence-corrected chi connectivity index (χ0v) is 13.5. The Hall–Kier alpha value is -1.30. The zero-order valence-electron chi connectivity index (χ0n) is 13.5. The van der Waals surface area contributed by atoms with Crippen LogP contribution in [0.15, 0.2) is 42.5 Å². The minimum Gasteiger partial charge on any atom is -0.0654 e. The molecule has 1 atom stereocenters. The molecular formula is C21H29. The Morgan fingerprint density at radius 1 is 0.857 bits per heavy atom. The molecule has 0 aliphatic heterocycles. The second-order valence-electron chi connectivity index (χ2n) is 6.11. The fraction of sp³-hybridized carbons (Fsp3) is 0.476. The van der Waals surface area contributed by atoms with Crippen LogP contribution in [-0.4, -0.2) is 0 Å². The standard InChI is InChI=1S/C21H29/c1-3-5-6-7-8-9-13-18(4-2)20-17-12-15-19-14-10-11-16-21(19)20/h10-12,14-18H,2-9,13H2,1H3. The van der Waals surface area contributed by atoms with Crippen LogP contribution in [0.4, 0.5) is 0 Å². The van der Waals surface area contributed by atoms with Gasteiger partial charge in [-0.3, -0.25) is 0 Å². The molecule has 113 valence electrons. The quantitative estimate of drug-likeness (QED) is 0.439. The van der Waals surface area contributed by atoms with E-state index in [1.807, 2.05) is 0 Å². The number of hydrogen-bond donors (Lipinski definition) is 0. The topological polar surface area (TPSA) is 0 Å². The molecule has 0 bridgehead atoms. The zero-order chi connectivity index (χ0) is 14.9. The van der Waals surface area contributed by atoms with Gasteiger partial charge in [-0.1, -0.05) is 94.8 Å². The van der Waals surface area contributed by atoms with Crippen molar-refractivity contribution in [2.45, 2.75) is 64.2 Å². The van der Waals surface area contributed by atoms with Crippen molar-refractivity contribution in [2.75, 3.05) is 0 Å². The van der Waals surface area contributed by atoms with Crippen molar-refractivity contribution in [1.82, 2.24) is 0 Å². The summed E-state index contributed by atoms with van der Waals surface area (Å²) in [5.41, 5.74) is 1.50. The van der Waals surface area contributed by atoms with Gasteiger partial charge in [0.05, 0.1) is 0 Å². The molecule has 0 spiro atoms. The molecule has 21 heavy (non-hydrogen) atoms. The Morgan fingerprint density at radius 3 is 2.38 bits per heavy atom. The lowest BCUT2D eigenvalue weighted by atomic mass is 9.87. The van der Waals surface area contributed by atoms with Gasteiger partial charge in [-0.15, -0.1) is 0 Å². The van der Waals surface area contributed by atoms with Crippen molar-refractivity contribution in [3.63, 3.8) is 0 Å². The monoisotopic (exact) mass is 281 g/mol. The lowest BCUT2D eigenvalue weighted by Gasteiger charge is -2.17. The Balaban J connectivity index is 1.96. The molecule has 2 aromatic carbocycles. The first-order chi connectivity index (χ1) is 10.4. The third-order valence-electron chi connectivity index (χ3n) is 4.52. The molecular weight excluding hydrogens is 252 g/mol. The maximum atomic E-state index is 4.20. The van der Waals surface area contributed by atoms with E-state index in [4.69, 9.17) is 0 Å². The average Bonchev–Trinajstić information content (AvgIpc) is 2.54. The van der Waals surface area contributed by atoms with Gasteiger partial charge in [0.1, 0.15) is 0 Å².